The lowest BCUT2D eigenvalue weighted by Crippen LogP contribution is -2.51. The van der Waals surface area contributed by atoms with Gasteiger partial charge in [0.05, 0.1) is 6.04 Å². The smallest absolute Gasteiger partial charge is 0.246 e. The number of nitrogens with zero attached hydrogens (tertiary/aromatic N) is 2. The first kappa shape index (κ1) is 21.3. The van der Waals surface area contributed by atoms with Crippen molar-refractivity contribution in [1.29, 1.82) is 0 Å². The standard InChI is InChI=1S/C24H27N3O3/c1-2-3-9-23(29)26-21(16-18-10-12-20(28)13-11-18)24(30)27-15-5-4-8-22(27)19-7-6-14-25-17-19/h2-3,6-7,9-14,17,21-22,28H,1,4-5,8,15-16H2,(H,26,29)/t21-,22+/m0/s1. The van der Waals surface area contributed by atoms with Crippen LogP contribution in [0.25, 0.3) is 0 Å². The summed E-state index contributed by atoms with van der Waals surface area (Å²) in [5, 5.41) is 12.4. The molecule has 0 aliphatic carbocycles. The Labute approximate surface area is 176 Å². The predicted octanol–water partition coefficient (Wildman–Crippen LogP) is 3.31. The Hall–Kier alpha value is -3.41. The predicted molar refractivity (Wildman–Crippen MR) is 116 cm³/mol. The number of carbonyl (C=O) groups is 2. The molecule has 6 nitrogen and oxygen atoms in total. The highest BCUT2D eigenvalue weighted by atomic mass is 16.3. The molecule has 2 amide bonds. The van der Waals surface area contributed by atoms with E-state index < -0.39 is 6.04 Å². The molecule has 3 rings (SSSR count). The molecule has 1 aliphatic heterocycles. The Kier molecular flexibility index (Phi) is 7.38. The molecule has 1 aliphatic rings. The molecule has 1 aromatic carbocycles. The number of amides is 2. The summed E-state index contributed by atoms with van der Waals surface area (Å²) in [7, 11) is 0. The summed E-state index contributed by atoms with van der Waals surface area (Å²) in [5.74, 6) is -0.300. The zero-order valence-electron chi connectivity index (χ0n) is 16.9. The molecule has 0 bridgehead atoms. The number of rotatable bonds is 7. The van der Waals surface area contributed by atoms with Crippen LogP contribution >= 0.6 is 0 Å². The minimum Gasteiger partial charge on any atom is -0.508 e. The summed E-state index contributed by atoms with van der Waals surface area (Å²) in [6, 6.07) is 9.78. The number of nitrogens with one attached hydrogen (secondary N) is 1. The van der Waals surface area contributed by atoms with Gasteiger partial charge >= 0.3 is 0 Å². The van der Waals surface area contributed by atoms with Crippen molar-refractivity contribution in [3.63, 3.8) is 0 Å². The SMILES string of the molecule is C=CC=CC(=O)N[C@@H](Cc1ccc(O)cc1)C(=O)N1CCCC[C@@H]1c1cccnc1. The average Bonchev–Trinajstić information content (AvgIpc) is 2.79. The van der Waals surface area contributed by atoms with Crippen LogP contribution in [-0.4, -0.2) is 39.4 Å². The fraction of sp³-hybridized carbons (Fsp3) is 0.292. The quantitative estimate of drug-likeness (QED) is 0.547. The molecule has 6 heteroatoms. The van der Waals surface area contributed by atoms with Gasteiger partial charge in [0, 0.05) is 31.4 Å². The minimum absolute atomic E-state index is 0.0529. The minimum atomic E-state index is -0.714. The van der Waals surface area contributed by atoms with Crippen molar-refractivity contribution < 1.29 is 14.7 Å². The number of pyridine rings is 1. The van der Waals surface area contributed by atoms with E-state index in [4.69, 9.17) is 0 Å². The molecule has 2 atom stereocenters. The Morgan fingerprint density at radius 1 is 1.27 bits per heavy atom. The summed E-state index contributed by atoms with van der Waals surface area (Å²) in [6.07, 6.45) is 11.1. The third-order valence-corrected chi connectivity index (χ3v) is 5.23. The summed E-state index contributed by atoms with van der Waals surface area (Å²) in [6.45, 7) is 4.21. The van der Waals surface area contributed by atoms with Crippen LogP contribution in [-0.2, 0) is 16.0 Å². The molecular weight excluding hydrogens is 378 g/mol. The molecular formula is C24H27N3O3. The van der Waals surface area contributed by atoms with Crippen LogP contribution in [0.3, 0.4) is 0 Å². The highest BCUT2D eigenvalue weighted by Crippen LogP contribution is 2.31. The van der Waals surface area contributed by atoms with E-state index in [-0.39, 0.29) is 23.6 Å². The van der Waals surface area contributed by atoms with Crippen LogP contribution in [0.2, 0.25) is 0 Å². The Balaban J connectivity index is 1.84. The van der Waals surface area contributed by atoms with E-state index in [0.717, 1.165) is 30.4 Å². The first-order chi connectivity index (χ1) is 14.6. The molecule has 0 saturated carbocycles. The van der Waals surface area contributed by atoms with E-state index in [2.05, 4.69) is 16.9 Å². The summed E-state index contributed by atoms with van der Waals surface area (Å²) in [5.41, 5.74) is 1.86. The highest BCUT2D eigenvalue weighted by Gasteiger charge is 2.33. The number of aromatic hydroxyl groups is 1. The van der Waals surface area contributed by atoms with Crippen molar-refractivity contribution in [2.24, 2.45) is 0 Å². The highest BCUT2D eigenvalue weighted by molar-refractivity contribution is 5.93. The molecule has 156 valence electrons. The van der Waals surface area contributed by atoms with Gasteiger partial charge in [0.25, 0.3) is 0 Å². The Morgan fingerprint density at radius 3 is 2.77 bits per heavy atom. The first-order valence-electron chi connectivity index (χ1n) is 10.2. The molecule has 1 saturated heterocycles. The lowest BCUT2D eigenvalue weighted by Gasteiger charge is -2.38. The van der Waals surface area contributed by atoms with Gasteiger partial charge < -0.3 is 15.3 Å². The van der Waals surface area contributed by atoms with Crippen molar-refractivity contribution in [2.45, 2.75) is 37.8 Å². The van der Waals surface area contributed by atoms with Gasteiger partial charge in [-0.1, -0.05) is 36.9 Å². The van der Waals surface area contributed by atoms with Crippen LogP contribution in [0.4, 0.5) is 0 Å². The second-order valence-corrected chi connectivity index (χ2v) is 7.36. The maximum Gasteiger partial charge on any atom is 0.246 e. The number of benzene rings is 1. The topological polar surface area (TPSA) is 82.5 Å². The van der Waals surface area contributed by atoms with Crippen molar-refractivity contribution in [3.8, 4) is 5.75 Å². The largest absolute Gasteiger partial charge is 0.508 e. The summed E-state index contributed by atoms with van der Waals surface area (Å²) >= 11 is 0. The number of phenolic OH excluding ortho intramolecular Hbond substituents is 1. The van der Waals surface area contributed by atoms with Crippen molar-refractivity contribution in [2.75, 3.05) is 6.54 Å². The maximum atomic E-state index is 13.6. The second kappa shape index (κ2) is 10.4. The number of aromatic nitrogens is 1. The van der Waals surface area contributed by atoms with Crippen molar-refractivity contribution >= 4 is 11.8 Å². The monoisotopic (exact) mass is 405 g/mol. The fourth-order valence-corrected chi connectivity index (χ4v) is 3.76. The van der Waals surface area contributed by atoms with Crippen molar-refractivity contribution in [1.82, 2.24) is 15.2 Å². The molecule has 0 unspecified atom stereocenters. The first-order valence-corrected chi connectivity index (χ1v) is 10.2. The van der Waals surface area contributed by atoms with Gasteiger partial charge in [-0.2, -0.15) is 0 Å². The Bertz CT molecular complexity index is 894. The molecule has 2 aromatic rings. The average molecular weight is 405 g/mol. The molecule has 2 N–H and O–H groups in total. The van der Waals surface area contributed by atoms with E-state index in [1.54, 1.807) is 36.7 Å². The number of allylic oxidation sites excluding steroid dienone is 2. The van der Waals surface area contributed by atoms with Gasteiger partial charge in [0.1, 0.15) is 11.8 Å². The van der Waals surface area contributed by atoms with Crippen LogP contribution in [0.1, 0.15) is 36.4 Å². The molecule has 1 fully saturated rings. The molecule has 0 spiro atoms. The number of hydrogen-bond donors (Lipinski definition) is 2. The summed E-state index contributed by atoms with van der Waals surface area (Å²) < 4.78 is 0. The van der Waals surface area contributed by atoms with Gasteiger partial charge in [-0.05, 0) is 48.6 Å². The Morgan fingerprint density at radius 2 is 2.07 bits per heavy atom. The number of piperidine rings is 1. The van der Waals surface area contributed by atoms with E-state index in [1.165, 1.54) is 18.2 Å². The lowest BCUT2D eigenvalue weighted by molar-refractivity contribution is -0.139. The normalized spacial score (nSPS) is 17.5. The zero-order valence-corrected chi connectivity index (χ0v) is 16.9. The van der Waals surface area contributed by atoms with Gasteiger partial charge in [-0.3, -0.25) is 14.6 Å². The maximum absolute atomic E-state index is 13.6. The summed E-state index contributed by atoms with van der Waals surface area (Å²) in [4.78, 5) is 32.0. The van der Waals surface area contributed by atoms with E-state index in [0.29, 0.717) is 13.0 Å². The molecule has 1 aromatic heterocycles. The van der Waals surface area contributed by atoms with Gasteiger partial charge in [0.2, 0.25) is 11.8 Å². The molecule has 0 radical (unpaired) electrons. The third-order valence-electron chi connectivity index (χ3n) is 5.23. The van der Waals surface area contributed by atoms with Crippen molar-refractivity contribution in [3.05, 3.63) is 84.7 Å². The third kappa shape index (κ3) is 5.56. The lowest BCUT2D eigenvalue weighted by atomic mass is 9.94. The molecule has 2 heterocycles. The van der Waals surface area contributed by atoms with Crippen LogP contribution in [0.5, 0.6) is 5.75 Å². The van der Waals surface area contributed by atoms with Crippen LogP contribution in [0, 0.1) is 0 Å². The van der Waals surface area contributed by atoms with Crippen LogP contribution < -0.4 is 5.32 Å². The fourth-order valence-electron chi connectivity index (χ4n) is 3.76. The number of carbonyl (C=O) groups excluding carboxylic acids is 2. The van der Waals surface area contributed by atoms with E-state index in [1.807, 2.05) is 17.0 Å². The number of hydrogen-bond acceptors (Lipinski definition) is 4. The number of likely N-dealkylation sites (tertiary alicyclic amines) is 1. The van der Waals surface area contributed by atoms with Crippen LogP contribution in [0.15, 0.2) is 73.6 Å². The molecule has 30 heavy (non-hydrogen) atoms. The van der Waals surface area contributed by atoms with Gasteiger partial charge in [0.15, 0.2) is 0 Å². The number of phenols is 1. The zero-order chi connectivity index (χ0) is 21.3. The second-order valence-electron chi connectivity index (χ2n) is 7.36. The van der Waals surface area contributed by atoms with E-state index >= 15 is 0 Å². The van der Waals surface area contributed by atoms with Gasteiger partial charge in [-0.15, -0.1) is 0 Å². The van der Waals surface area contributed by atoms with E-state index in [9.17, 15) is 14.7 Å². The van der Waals surface area contributed by atoms with Gasteiger partial charge in [-0.25, -0.2) is 0 Å².